The first-order chi connectivity index (χ1) is 13.4. The monoisotopic (exact) mass is 489 g/mol. The highest BCUT2D eigenvalue weighted by Crippen LogP contribution is 2.27. The lowest BCUT2D eigenvalue weighted by molar-refractivity contribution is -0.118. The summed E-state index contributed by atoms with van der Waals surface area (Å²) in [5, 5.41) is 8.96. The minimum atomic E-state index is -0.0545. The van der Waals surface area contributed by atoms with Crippen molar-refractivity contribution in [2.45, 2.75) is 10.8 Å². The first kappa shape index (κ1) is 21.6. The molecule has 28 heavy (non-hydrogen) atoms. The average Bonchev–Trinajstić information content (AvgIpc) is 3.05. The van der Waals surface area contributed by atoms with Crippen LogP contribution in [0.25, 0.3) is 5.69 Å². The Labute approximate surface area is 190 Å². The third kappa shape index (κ3) is 5.95. The standard InChI is InChI=1S/C18H14Cl3N3OS3/c19-12-3-1-11(2-4-12)7-8-22-16(25)10-27-17-23-24(18(26)28-17)13-5-6-14(20)15(21)9-13/h1-6,9H,7-8,10H2,(H,22,25). The molecule has 3 rings (SSSR count). The van der Waals surface area contributed by atoms with E-state index in [1.165, 1.54) is 23.1 Å². The molecule has 0 atom stereocenters. The third-order valence-electron chi connectivity index (χ3n) is 3.65. The number of amides is 1. The number of rotatable bonds is 7. The zero-order valence-corrected chi connectivity index (χ0v) is 19.0. The Morgan fingerprint density at radius 2 is 1.89 bits per heavy atom. The molecule has 0 unspecified atom stereocenters. The van der Waals surface area contributed by atoms with Crippen LogP contribution in [-0.2, 0) is 11.2 Å². The Balaban J connectivity index is 1.51. The maximum atomic E-state index is 12.1. The van der Waals surface area contributed by atoms with Crippen molar-refractivity contribution in [2.75, 3.05) is 12.3 Å². The number of hydrogen-bond acceptors (Lipinski definition) is 5. The van der Waals surface area contributed by atoms with Gasteiger partial charge < -0.3 is 5.32 Å². The van der Waals surface area contributed by atoms with Crippen molar-refractivity contribution in [3.63, 3.8) is 0 Å². The molecule has 1 N–H and O–H groups in total. The summed E-state index contributed by atoms with van der Waals surface area (Å²) in [6.07, 6.45) is 0.748. The first-order valence-electron chi connectivity index (χ1n) is 8.12. The number of hydrogen-bond donors (Lipinski definition) is 1. The van der Waals surface area contributed by atoms with Gasteiger partial charge in [0.05, 0.1) is 21.5 Å². The van der Waals surface area contributed by atoms with Crippen molar-refractivity contribution in [3.8, 4) is 5.69 Å². The van der Waals surface area contributed by atoms with Crippen LogP contribution < -0.4 is 5.32 Å². The molecule has 0 saturated carbocycles. The molecule has 0 fully saturated rings. The third-order valence-corrected chi connectivity index (χ3v) is 7.01. The van der Waals surface area contributed by atoms with Crippen LogP contribution in [0.4, 0.5) is 0 Å². The molecule has 0 radical (unpaired) electrons. The van der Waals surface area contributed by atoms with Crippen molar-refractivity contribution in [3.05, 3.63) is 67.1 Å². The normalized spacial score (nSPS) is 10.8. The lowest BCUT2D eigenvalue weighted by Gasteiger charge is -2.05. The molecule has 0 spiro atoms. The molecule has 3 aromatic rings. The molecule has 0 saturated heterocycles. The molecule has 1 heterocycles. The number of nitrogens with zero attached hydrogens (tertiary/aromatic N) is 2. The van der Waals surface area contributed by atoms with Gasteiger partial charge in [0.1, 0.15) is 0 Å². The summed E-state index contributed by atoms with van der Waals surface area (Å²) < 4.78 is 2.90. The van der Waals surface area contributed by atoms with Gasteiger partial charge in [0, 0.05) is 11.6 Å². The number of benzene rings is 2. The highest BCUT2D eigenvalue weighted by Gasteiger charge is 2.10. The van der Waals surface area contributed by atoms with Crippen LogP contribution in [0.1, 0.15) is 5.56 Å². The predicted molar refractivity (Wildman–Crippen MR) is 121 cm³/mol. The fraction of sp³-hybridized carbons (Fsp3) is 0.167. The Morgan fingerprint density at radius 3 is 2.61 bits per heavy atom. The summed E-state index contributed by atoms with van der Waals surface area (Å²) >= 11 is 25.9. The van der Waals surface area contributed by atoms with Gasteiger partial charge in [-0.15, -0.1) is 5.10 Å². The van der Waals surface area contributed by atoms with Crippen molar-refractivity contribution in [2.24, 2.45) is 0 Å². The number of carbonyl (C=O) groups is 1. The summed E-state index contributed by atoms with van der Waals surface area (Å²) in [5.41, 5.74) is 1.85. The van der Waals surface area contributed by atoms with E-state index in [9.17, 15) is 4.79 Å². The van der Waals surface area contributed by atoms with Gasteiger partial charge in [-0.2, -0.15) is 0 Å². The van der Waals surface area contributed by atoms with Gasteiger partial charge >= 0.3 is 0 Å². The van der Waals surface area contributed by atoms with E-state index in [1.54, 1.807) is 22.9 Å². The topological polar surface area (TPSA) is 46.9 Å². The molecule has 2 aromatic carbocycles. The molecular weight excluding hydrogens is 477 g/mol. The van der Waals surface area contributed by atoms with Gasteiger partial charge in [-0.05, 0) is 54.5 Å². The number of thioether (sulfide) groups is 1. The minimum Gasteiger partial charge on any atom is -0.355 e. The Kier molecular flexibility index (Phi) is 7.79. The second-order valence-electron chi connectivity index (χ2n) is 5.66. The number of carbonyl (C=O) groups excluding carboxylic acids is 1. The molecule has 146 valence electrons. The number of aromatic nitrogens is 2. The maximum absolute atomic E-state index is 12.1. The summed E-state index contributed by atoms with van der Waals surface area (Å²) in [4.78, 5) is 12.1. The summed E-state index contributed by atoms with van der Waals surface area (Å²) in [7, 11) is 0. The molecule has 10 heteroatoms. The van der Waals surface area contributed by atoms with E-state index >= 15 is 0 Å². The van der Waals surface area contributed by atoms with E-state index in [-0.39, 0.29) is 11.7 Å². The fourth-order valence-electron chi connectivity index (χ4n) is 2.27. The maximum Gasteiger partial charge on any atom is 0.230 e. The highest BCUT2D eigenvalue weighted by atomic mass is 35.5. The molecular formula is C18H14Cl3N3OS3. The van der Waals surface area contributed by atoms with E-state index in [0.717, 1.165) is 17.7 Å². The zero-order chi connectivity index (χ0) is 20.1. The summed E-state index contributed by atoms with van der Waals surface area (Å²) in [6.45, 7) is 0.564. The molecule has 0 bridgehead atoms. The zero-order valence-electron chi connectivity index (χ0n) is 14.3. The number of halogens is 3. The summed E-state index contributed by atoms with van der Waals surface area (Å²) in [6, 6.07) is 12.8. The summed E-state index contributed by atoms with van der Waals surface area (Å²) in [5.74, 6) is 0.214. The van der Waals surface area contributed by atoms with E-state index in [1.807, 2.05) is 24.3 Å². The van der Waals surface area contributed by atoms with E-state index in [4.69, 9.17) is 47.0 Å². The molecule has 1 aromatic heterocycles. The van der Waals surface area contributed by atoms with Gasteiger partial charge in [0.15, 0.2) is 8.29 Å². The van der Waals surface area contributed by atoms with E-state index < -0.39 is 0 Å². The number of nitrogens with one attached hydrogen (secondary N) is 1. The molecule has 1 amide bonds. The largest absolute Gasteiger partial charge is 0.355 e. The van der Waals surface area contributed by atoms with Gasteiger partial charge in [0.25, 0.3) is 0 Å². The van der Waals surface area contributed by atoms with Crippen LogP contribution in [0.5, 0.6) is 0 Å². The SMILES string of the molecule is O=C(CSc1nn(-c2ccc(Cl)c(Cl)c2)c(=S)s1)NCCc1ccc(Cl)cc1. The van der Waals surface area contributed by atoms with Crippen LogP contribution in [-0.4, -0.2) is 28.0 Å². The average molecular weight is 491 g/mol. The van der Waals surface area contributed by atoms with Crippen LogP contribution in [0.2, 0.25) is 15.1 Å². The second-order valence-corrected chi connectivity index (χ2v) is 9.76. The van der Waals surface area contributed by atoms with Crippen LogP contribution in [0.3, 0.4) is 0 Å². The van der Waals surface area contributed by atoms with Gasteiger partial charge in [-0.25, -0.2) is 4.68 Å². The fourth-order valence-corrected chi connectivity index (χ4v) is 4.88. The molecule has 0 aliphatic carbocycles. The Bertz CT molecular complexity index is 1030. The van der Waals surface area contributed by atoms with Crippen molar-refractivity contribution < 1.29 is 4.79 Å². The van der Waals surface area contributed by atoms with Gasteiger partial charge in [-0.1, -0.05) is 70.0 Å². The quantitative estimate of drug-likeness (QED) is 0.322. The first-order valence-corrected chi connectivity index (χ1v) is 11.5. The lowest BCUT2D eigenvalue weighted by Crippen LogP contribution is -2.27. The van der Waals surface area contributed by atoms with Crippen LogP contribution >= 0.6 is 70.1 Å². The van der Waals surface area contributed by atoms with Crippen LogP contribution in [0.15, 0.2) is 46.8 Å². The molecule has 4 nitrogen and oxygen atoms in total. The van der Waals surface area contributed by atoms with Gasteiger partial charge in [-0.3, -0.25) is 4.79 Å². The highest BCUT2D eigenvalue weighted by molar-refractivity contribution is 8.01. The van der Waals surface area contributed by atoms with Crippen molar-refractivity contribution >= 4 is 76.0 Å². The van der Waals surface area contributed by atoms with Crippen LogP contribution in [0, 0.1) is 3.95 Å². The van der Waals surface area contributed by atoms with Crippen molar-refractivity contribution in [1.82, 2.24) is 15.1 Å². The molecule has 0 aliphatic heterocycles. The van der Waals surface area contributed by atoms with E-state index in [2.05, 4.69) is 10.4 Å². The van der Waals surface area contributed by atoms with Crippen molar-refractivity contribution in [1.29, 1.82) is 0 Å². The Morgan fingerprint density at radius 1 is 1.14 bits per heavy atom. The minimum absolute atomic E-state index is 0.0545. The molecule has 0 aliphatic rings. The Hall–Kier alpha value is -1.09. The predicted octanol–water partition coefficient (Wildman–Crippen LogP) is 6.07. The second kappa shape index (κ2) is 10.1. The van der Waals surface area contributed by atoms with Gasteiger partial charge in [0.2, 0.25) is 5.91 Å². The van der Waals surface area contributed by atoms with E-state index in [0.29, 0.717) is 29.9 Å². The lowest BCUT2D eigenvalue weighted by atomic mass is 10.1. The smallest absolute Gasteiger partial charge is 0.230 e.